The molecule has 0 atom stereocenters. The van der Waals surface area contributed by atoms with Crippen LogP contribution in [0.5, 0.6) is 0 Å². The van der Waals surface area contributed by atoms with Gasteiger partial charge in [0.15, 0.2) is 0 Å². The van der Waals surface area contributed by atoms with Crippen LogP contribution in [0, 0.1) is 0 Å². The van der Waals surface area contributed by atoms with Gasteiger partial charge in [-0.15, -0.1) is 11.3 Å². The molecule has 3 heterocycles. The molecule has 0 aromatic carbocycles. The quantitative estimate of drug-likeness (QED) is 0.365. The van der Waals surface area contributed by atoms with E-state index in [0.717, 1.165) is 21.7 Å². The first kappa shape index (κ1) is 20.2. The van der Waals surface area contributed by atoms with Crippen molar-refractivity contribution in [1.29, 1.82) is 0 Å². The van der Waals surface area contributed by atoms with Crippen molar-refractivity contribution in [2.24, 2.45) is 5.73 Å². The number of hydrogen-bond donors (Lipinski definition) is 2. The van der Waals surface area contributed by atoms with Gasteiger partial charge >= 0.3 is 0 Å². The van der Waals surface area contributed by atoms with Crippen molar-refractivity contribution in [3.63, 3.8) is 0 Å². The normalized spacial score (nSPS) is 16.7. The van der Waals surface area contributed by atoms with Crippen LogP contribution in [0.2, 0.25) is 10.2 Å². The zero-order valence-corrected chi connectivity index (χ0v) is 17.5. The number of fused-ring (bicyclic) bond motifs is 1. The second-order valence-electron chi connectivity index (χ2n) is 6.47. The van der Waals surface area contributed by atoms with Gasteiger partial charge in [0.25, 0.3) is 0 Å². The number of halogens is 2. The Bertz CT molecular complexity index is 895. The number of allylic oxidation sites excluding steroid dienone is 2. The summed E-state index contributed by atoms with van der Waals surface area (Å²) in [5.74, 6) is 0.860. The van der Waals surface area contributed by atoms with Gasteiger partial charge in [0, 0.05) is 17.5 Å². The van der Waals surface area contributed by atoms with Crippen LogP contribution in [0.4, 0.5) is 5.69 Å². The van der Waals surface area contributed by atoms with Crippen LogP contribution < -0.4 is 11.1 Å². The Kier molecular flexibility index (Phi) is 7.19. The maximum atomic E-state index is 6.06. The van der Waals surface area contributed by atoms with E-state index in [1.165, 1.54) is 25.7 Å². The summed E-state index contributed by atoms with van der Waals surface area (Å²) < 4.78 is 6.27. The van der Waals surface area contributed by atoms with Gasteiger partial charge in [-0.2, -0.15) is 0 Å². The standard InChI is InChI=1S/C12H8Cl2N2OS.C8H15N/c13-8-6-18-12-9(4-10(14)16-11(8)12)15-5-7-2-1-3-17-7;1-2-7-3-5-8(9)6-4-7/h1-4,6H,5H2,(H,15,16);2,8H,3-6,9H2,1H3. The van der Waals surface area contributed by atoms with E-state index >= 15 is 0 Å². The van der Waals surface area contributed by atoms with E-state index in [9.17, 15) is 0 Å². The fourth-order valence-corrected chi connectivity index (χ4v) is 4.35. The molecule has 1 fully saturated rings. The third kappa shape index (κ3) is 5.48. The third-order valence-corrected chi connectivity index (χ3v) is 6.18. The molecule has 1 aliphatic rings. The van der Waals surface area contributed by atoms with Crippen LogP contribution in [-0.2, 0) is 6.54 Å². The maximum Gasteiger partial charge on any atom is 0.131 e. The summed E-state index contributed by atoms with van der Waals surface area (Å²) >= 11 is 13.6. The highest BCUT2D eigenvalue weighted by Gasteiger charge is 2.11. The summed E-state index contributed by atoms with van der Waals surface area (Å²) in [6.45, 7) is 2.71. The van der Waals surface area contributed by atoms with E-state index in [2.05, 4.69) is 23.3 Å². The Morgan fingerprint density at radius 3 is 2.81 bits per heavy atom. The van der Waals surface area contributed by atoms with Crippen molar-refractivity contribution in [3.05, 3.63) is 57.4 Å². The number of nitrogens with zero attached hydrogens (tertiary/aromatic N) is 1. The van der Waals surface area contributed by atoms with E-state index in [1.807, 2.05) is 17.5 Å². The minimum atomic E-state index is 0.421. The van der Waals surface area contributed by atoms with Gasteiger partial charge < -0.3 is 15.5 Å². The average molecular weight is 424 g/mol. The van der Waals surface area contributed by atoms with Gasteiger partial charge in [-0.05, 0) is 44.7 Å². The predicted molar refractivity (Wildman–Crippen MR) is 116 cm³/mol. The van der Waals surface area contributed by atoms with Crippen molar-refractivity contribution in [2.75, 3.05) is 5.32 Å². The highest BCUT2D eigenvalue weighted by atomic mass is 35.5. The molecule has 1 aliphatic carbocycles. The second-order valence-corrected chi connectivity index (χ2v) is 8.15. The van der Waals surface area contributed by atoms with Crippen LogP contribution in [0.3, 0.4) is 0 Å². The molecule has 1 saturated carbocycles. The Morgan fingerprint density at radius 1 is 1.37 bits per heavy atom. The van der Waals surface area contributed by atoms with E-state index in [-0.39, 0.29) is 0 Å². The summed E-state index contributed by atoms with van der Waals surface area (Å²) in [4.78, 5) is 4.22. The first-order chi connectivity index (χ1) is 13.1. The average Bonchev–Trinajstić information content (AvgIpc) is 3.31. The number of pyridine rings is 1. The Labute approximate surface area is 173 Å². The monoisotopic (exact) mass is 423 g/mol. The number of anilines is 1. The van der Waals surface area contributed by atoms with E-state index < -0.39 is 0 Å². The molecule has 0 bridgehead atoms. The summed E-state index contributed by atoms with van der Waals surface area (Å²) in [7, 11) is 0. The molecule has 144 valence electrons. The van der Waals surface area contributed by atoms with Crippen LogP contribution in [0.15, 0.2) is 45.9 Å². The lowest BCUT2D eigenvalue weighted by Gasteiger charge is -2.19. The molecule has 3 N–H and O–H groups in total. The maximum absolute atomic E-state index is 6.06. The SMILES string of the molecule is CC=C1CCC(N)CC1.Clc1cc(NCc2ccco2)c2scc(Cl)c2n1. The van der Waals surface area contributed by atoms with Gasteiger partial charge in [-0.25, -0.2) is 4.98 Å². The molecule has 0 aliphatic heterocycles. The summed E-state index contributed by atoms with van der Waals surface area (Å²) in [5, 5.41) is 6.18. The number of rotatable bonds is 3. The number of thiophene rings is 1. The van der Waals surface area contributed by atoms with Crippen molar-refractivity contribution in [3.8, 4) is 0 Å². The van der Waals surface area contributed by atoms with Gasteiger partial charge in [-0.3, -0.25) is 0 Å². The molecule has 3 aromatic heterocycles. The van der Waals surface area contributed by atoms with E-state index in [0.29, 0.717) is 22.8 Å². The number of hydrogen-bond acceptors (Lipinski definition) is 5. The first-order valence-electron chi connectivity index (χ1n) is 8.96. The van der Waals surface area contributed by atoms with E-state index in [4.69, 9.17) is 33.4 Å². The largest absolute Gasteiger partial charge is 0.467 e. The molecule has 0 unspecified atom stereocenters. The number of nitrogens with one attached hydrogen (secondary N) is 1. The van der Waals surface area contributed by atoms with E-state index in [1.54, 1.807) is 29.2 Å². The molecule has 3 aromatic rings. The van der Waals surface area contributed by atoms with Crippen molar-refractivity contribution in [1.82, 2.24) is 4.98 Å². The molecule has 0 spiro atoms. The molecule has 4 rings (SSSR count). The summed E-state index contributed by atoms with van der Waals surface area (Å²) in [6, 6.07) is 6.04. The highest BCUT2D eigenvalue weighted by Crippen LogP contribution is 2.35. The topological polar surface area (TPSA) is 64.1 Å². The molecule has 4 nitrogen and oxygen atoms in total. The smallest absolute Gasteiger partial charge is 0.131 e. The Balaban J connectivity index is 0.000000197. The van der Waals surface area contributed by atoms with Crippen LogP contribution in [0.25, 0.3) is 10.2 Å². The minimum absolute atomic E-state index is 0.421. The summed E-state index contributed by atoms with van der Waals surface area (Å²) in [6.07, 6.45) is 8.73. The minimum Gasteiger partial charge on any atom is -0.467 e. The van der Waals surface area contributed by atoms with Gasteiger partial charge in [0.1, 0.15) is 16.4 Å². The highest BCUT2D eigenvalue weighted by molar-refractivity contribution is 7.18. The number of nitrogens with two attached hydrogens (primary N) is 1. The fraction of sp³-hybridized carbons (Fsp3) is 0.350. The van der Waals surface area contributed by atoms with Crippen LogP contribution >= 0.6 is 34.5 Å². The zero-order chi connectivity index (χ0) is 19.2. The fourth-order valence-electron chi connectivity index (χ4n) is 2.98. The Hall–Kier alpha value is -1.53. The lowest BCUT2D eigenvalue weighted by molar-refractivity contribution is 0.511. The van der Waals surface area contributed by atoms with Crippen molar-refractivity contribution < 1.29 is 4.42 Å². The van der Waals surface area contributed by atoms with Crippen molar-refractivity contribution >= 4 is 50.4 Å². The molecular weight excluding hydrogens is 401 g/mol. The molecule has 27 heavy (non-hydrogen) atoms. The van der Waals surface area contributed by atoms with Gasteiger partial charge in [0.05, 0.1) is 28.2 Å². The summed E-state index contributed by atoms with van der Waals surface area (Å²) in [5.41, 5.74) is 8.97. The third-order valence-electron chi connectivity index (χ3n) is 4.56. The molecule has 0 radical (unpaired) electrons. The molecular formula is C20H23Cl2N3OS. The molecule has 7 heteroatoms. The van der Waals surface area contributed by atoms with Gasteiger partial charge in [0.2, 0.25) is 0 Å². The lowest BCUT2D eigenvalue weighted by atomic mass is 9.91. The van der Waals surface area contributed by atoms with Gasteiger partial charge in [-0.1, -0.05) is 34.9 Å². The number of furan rings is 1. The molecule has 0 saturated heterocycles. The van der Waals surface area contributed by atoms with Crippen LogP contribution in [-0.4, -0.2) is 11.0 Å². The molecule has 0 amide bonds. The second kappa shape index (κ2) is 9.60. The Morgan fingerprint density at radius 2 is 2.15 bits per heavy atom. The predicted octanol–water partition coefficient (Wildman–Crippen LogP) is 6.64. The zero-order valence-electron chi connectivity index (χ0n) is 15.2. The lowest BCUT2D eigenvalue weighted by Crippen LogP contribution is -2.23. The van der Waals surface area contributed by atoms with Crippen LogP contribution in [0.1, 0.15) is 38.4 Å². The first-order valence-corrected chi connectivity index (χ1v) is 10.6. The van der Waals surface area contributed by atoms with Crippen molar-refractivity contribution in [2.45, 2.75) is 45.2 Å². The number of aromatic nitrogens is 1.